The van der Waals surface area contributed by atoms with Crippen molar-refractivity contribution in [3.8, 4) is 11.5 Å². The largest absolute Gasteiger partial charge is 0.494 e. The Morgan fingerprint density at radius 2 is 1.47 bits per heavy atom. The maximum absolute atomic E-state index is 5.90. The average Bonchev–Trinajstić information content (AvgIpc) is 2.46. The van der Waals surface area contributed by atoms with Crippen molar-refractivity contribution in [2.45, 2.75) is 58.3 Å². The second kappa shape index (κ2) is 8.08. The normalized spacial score (nSPS) is 17.9. The summed E-state index contributed by atoms with van der Waals surface area (Å²) in [6, 6.07) is 6.23. The first-order chi connectivity index (χ1) is 9.40. The van der Waals surface area contributed by atoms with Gasteiger partial charge in [-0.05, 0) is 43.0 Å². The lowest BCUT2D eigenvalue weighted by molar-refractivity contribution is 0.298. The van der Waals surface area contributed by atoms with Gasteiger partial charge in [-0.2, -0.15) is 0 Å². The lowest BCUT2D eigenvalue weighted by Gasteiger charge is -2.12. The Labute approximate surface area is 117 Å². The van der Waals surface area contributed by atoms with Crippen LogP contribution in [-0.2, 0) is 6.42 Å². The van der Waals surface area contributed by atoms with E-state index < -0.39 is 0 Å². The Bertz CT molecular complexity index is 374. The number of rotatable bonds is 1. The molecule has 0 aromatic heterocycles. The minimum absolute atomic E-state index is 0.837. The molecular weight excluding hydrogens is 236 g/mol. The molecule has 2 aliphatic rings. The fourth-order valence-electron chi connectivity index (χ4n) is 2.52. The predicted molar refractivity (Wildman–Crippen MR) is 79.1 cm³/mol. The van der Waals surface area contributed by atoms with E-state index in [2.05, 4.69) is 19.1 Å². The van der Waals surface area contributed by atoms with Gasteiger partial charge in [-0.1, -0.05) is 39.0 Å². The molecule has 1 aromatic carbocycles. The quantitative estimate of drug-likeness (QED) is 0.727. The molecule has 0 N–H and O–H groups in total. The topological polar surface area (TPSA) is 18.5 Å². The molecule has 2 heterocycles. The first-order valence-electron chi connectivity index (χ1n) is 7.78. The molecule has 106 valence electrons. The number of hydrogen-bond acceptors (Lipinski definition) is 2. The van der Waals surface area contributed by atoms with Crippen LogP contribution in [0.3, 0.4) is 0 Å². The Balaban J connectivity index is 2.02. The number of fused-ring (bicyclic) bond motifs is 12. The van der Waals surface area contributed by atoms with Crippen molar-refractivity contribution < 1.29 is 9.47 Å². The van der Waals surface area contributed by atoms with Gasteiger partial charge in [0.15, 0.2) is 0 Å². The predicted octanol–water partition coefficient (Wildman–Crippen LogP) is 4.75. The molecule has 2 aliphatic heterocycles. The average molecular weight is 262 g/mol. The van der Waals surface area contributed by atoms with Crippen LogP contribution < -0.4 is 9.47 Å². The standard InChI is InChI=1S/C17H26O2/c1-2-15-14-16-10-11-17(15)19-13-9-7-5-3-4-6-8-12-18-16/h10-11,14H,2-9,12-13H2,1H3. The van der Waals surface area contributed by atoms with Gasteiger partial charge in [0.2, 0.25) is 0 Å². The monoisotopic (exact) mass is 262 g/mol. The van der Waals surface area contributed by atoms with E-state index in [1.165, 1.54) is 50.5 Å². The Hall–Kier alpha value is -1.18. The van der Waals surface area contributed by atoms with E-state index in [0.717, 1.165) is 31.1 Å². The van der Waals surface area contributed by atoms with E-state index in [0.29, 0.717) is 0 Å². The highest BCUT2D eigenvalue weighted by Crippen LogP contribution is 2.25. The molecule has 0 fully saturated rings. The van der Waals surface area contributed by atoms with Gasteiger partial charge in [-0.25, -0.2) is 0 Å². The summed E-state index contributed by atoms with van der Waals surface area (Å²) in [6.45, 7) is 3.84. The van der Waals surface area contributed by atoms with Crippen molar-refractivity contribution in [1.29, 1.82) is 0 Å². The second-order valence-electron chi connectivity index (χ2n) is 5.29. The third kappa shape index (κ3) is 4.77. The van der Waals surface area contributed by atoms with Gasteiger partial charge >= 0.3 is 0 Å². The summed E-state index contributed by atoms with van der Waals surface area (Å²) in [5, 5.41) is 0. The molecule has 0 unspecified atom stereocenters. The number of aryl methyl sites for hydroxylation is 1. The van der Waals surface area contributed by atoms with Crippen LogP contribution in [-0.4, -0.2) is 13.2 Å². The van der Waals surface area contributed by atoms with Gasteiger partial charge in [0, 0.05) is 0 Å². The van der Waals surface area contributed by atoms with Crippen LogP contribution in [0.25, 0.3) is 0 Å². The van der Waals surface area contributed by atoms with Gasteiger partial charge in [-0.3, -0.25) is 0 Å². The number of hydrogen-bond donors (Lipinski definition) is 0. The maximum Gasteiger partial charge on any atom is 0.122 e. The van der Waals surface area contributed by atoms with Crippen molar-refractivity contribution in [2.24, 2.45) is 0 Å². The van der Waals surface area contributed by atoms with Crippen LogP contribution in [0.1, 0.15) is 57.4 Å². The van der Waals surface area contributed by atoms with Gasteiger partial charge in [0.25, 0.3) is 0 Å². The van der Waals surface area contributed by atoms with E-state index in [4.69, 9.17) is 9.47 Å². The van der Waals surface area contributed by atoms with Crippen LogP contribution in [0.5, 0.6) is 11.5 Å². The van der Waals surface area contributed by atoms with Crippen molar-refractivity contribution in [1.82, 2.24) is 0 Å². The first-order valence-corrected chi connectivity index (χ1v) is 7.78. The van der Waals surface area contributed by atoms with E-state index >= 15 is 0 Å². The molecule has 2 heteroatoms. The molecule has 0 aliphatic carbocycles. The van der Waals surface area contributed by atoms with E-state index in [1.54, 1.807) is 0 Å². The molecular formula is C17H26O2. The fourth-order valence-corrected chi connectivity index (χ4v) is 2.52. The summed E-state index contributed by atoms with van der Waals surface area (Å²) in [5.41, 5.74) is 1.26. The van der Waals surface area contributed by atoms with Crippen molar-refractivity contribution in [3.05, 3.63) is 23.8 Å². The number of benzene rings is 1. The summed E-state index contributed by atoms with van der Waals surface area (Å²) in [4.78, 5) is 0. The van der Waals surface area contributed by atoms with Crippen molar-refractivity contribution in [2.75, 3.05) is 13.2 Å². The highest BCUT2D eigenvalue weighted by molar-refractivity contribution is 5.40. The zero-order valence-electron chi connectivity index (χ0n) is 12.1. The molecule has 0 saturated heterocycles. The Kier molecular flexibility index (Phi) is 6.06. The first kappa shape index (κ1) is 14.2. The lowest BCUT2D eigenvalue weighted by Crippen LogP contribution is -2.01. The lowest BCUT2D eigenvalue weighted by atomic mass is 10.1. The molecule has 3 rings (SSSR count). The summed E-state index contributed by atoms with van der Waals surface area (Å²) >= 11 is 0. The molecule has 0 atom stereocenters. The SMILES string of the molecule is CCc1cc2ccc1OCCCCCCCCCO2. The molecule has 0 amide bonds. The summed E-state index contributed by atoms with van der Waals surface area (Å²) in [6.07, 6.45) is 9.93. The van der Waals surface area contributed by atoms with Gasteiger partial charge < -0.3 is 9.47 Å². The minimum atomic E-state index is 0.837. The number of ether oxygens (including phenoxy) is 2. The Morgan fingerprint density at radius 1 is 0.842 bits per heavy atom. The second-order valence-corrected chi connectivity index (χ2v) is 5.29. The van der Waals surface area contributed by atoms with Gasteiger partial charge in [0.1, 0.15) is 11.5 Å². The smallest absolute Gasteiger partial charge is 0.122 e. The molecule has 2 nitrogen and oxygen atoms in total. The maximum atomic E-state index is 5.90. The summed E-state index contributed by atoms with van der Waals surface area (Å²) in [7, 11) is 0. The van der Waals surface area contributed by atoms with Crippen LogP contribution in [0.15, 0.2) is 18.2 Å². The third-order valence-electron chi connectivity index (χ3n) is 3.73. The van der Waals surface area contributed by atoms with Crippen molar-refractivity contribution in [3.63, 3.8) is 0 Å². The van der Waals surface area contributed by atoms with Crippen LogP contribution in [0.4, 0.5) is 0 Å². The molecule has 0 spiro atoms. The van der Waals surface area contributed by atoms with Gasteiger partial charge in [0.05, 0.1) is 13.2 Å². The molecule has 2 bridgehead atoms. The van der Waals surface area contributed by atoms with E-state index in [9.17, 15) is 0 Å². The Morgan fingerprint density at radius 3 is 2.16 bits per heavy atom. The molecule has 0 saturated carbocycles. The van der Waals surface area contributed by atoms with E-state index in [-0.39, 0.29) is 0 Å². The summed E-state index contributed by atoms with van der Waals surface area (Å²) in [5.74, 6) is 2.02. The summed E-state index contributed by atoms with van der Waals surface area (Å²) < 4.78 is 11.7. The third-order valence-corrected chi connectivity index (χ3v) is 3.73. The van der Waals surface area contributed by atoms with E-state index in [1.807, 2.05) is 6.07 Å². The molecule has 0 radical (unpaired) electrons. The highest BCUT2D eigenvalue weighted by Gasteiger charge is 2.05. The fraction of sp³-hybridized carbons (Fsp3) is 0.647. The zero-order valence-corrected chi connectivity index (χ0v) is 12.1. The van der Waals surface area contributed by atoms with Crippen LogP contribution in [0.2, 0.25) is 0 Å². The minimum Gasteiger partial charge on any atom is -0.494 e. The molecule has 1 aromatic rings. The van der Waals surface area contributed by atoms with Gasteiger partial charge in [-0.15, -0.1) is 0 Å². The zero-order chi connectivity index (χ0) is 13.3. The van der Waals surface area contributed by atoms with Crippen LogP contribution in [0, 0.1) is 0 Å². The highest BCUT2D eigenvalue weighted by atomic mass is 16.5. The van der Waals surface area contributed by atoms with Crippen molar-refractivity contribution >= 4 is 0 Å². The van der Waals surface area contributed by atoms with Crippen LogP contribution >= 0.6 is 0 Å². The molecule has 19 heavy (non-hydrogen) atoms.